The van der Waals surface area contributed by atoms with E-state index in [1.165, 1.54) is 12.1 Å². The Labute approximate surface area is 92.1 Å². The number of hydrogen-bond donors (Lipinski definition) is 0. The minimum absolute atomic E-state index is 0.0157. The Morgan fingerprint density at radius 3 is 2.88 bits per heavy atom. The number of fused-ring (bicyclic) bond motifs is 3. The molecule has 2 aliphatic heterocycles. The van der Waals surface area contributed by atoms with Crippen molar-refractivity contribution < 1.29 is 14.4 Å². The van der Waals surface area contributed by atoms with Crippen LogP contribution in [0, 0.1) is 10.1 Å². The fourth-order valence-electron chi connectivity index (χ4n) is 2.18. The third kappa shape index (κ3) is 1.21. The van der Waals surface area contributed by atoms with E-state index >= 15 is 0 Å². The van der Waals surface area contributed by atoms with Crippen LogP contribution in [0.15, 0.2) is 18.2 Å². The van der Waals surface area contributed by atoms with Crippen LogP contribution < -0.4 is 4.74 Å². The number of rotatable bonds is 1. The lowest BCUT2D eigenvalue weighted by molar-refractivity contribution is -0.385. The van der Waals surface area contributed by atoms with Gasteiger partial charge in [0.05, 0.1) is 4.92 Å². The van der Waals surface area contributed by atoms with Crippen molar-refractivity contribution in [3.63, 3.8) is 0 Å². The normalized spacial score (nSPS) is 28.6. The second-order valence-electron chi connectivity index (χ2n) is 4.66. The molecule has 1 aromatic carbocycles. The number of non-ortho nitro benzene ring substituents is 1. The predicted molar refractivity (Wildman–Crippen MR) is 55.4 cm³/mol. The molecule has 0 unspecified atom stereocenters. The van der Waals surface area contributed by atoms with Gasteiger partial charge in [0.2, 0.25) is 0 Å². The molecule has 16 heavy (non-hydrogen) atoms. The molecule has 0 N–H and O–H groups in total. The number of nitrogens with zero attached hydrogens (tertiary/aromatic N) is 1. The molecule has 0 aliphatic carbocycles. The maximum atomic E-state index is 10.7. The zero-order valence-electron chi connectivity index (χ0n) is 8.97. The highest BCUT2D eigenvalue weighted by atomic mass is 16.6. The molecular formula is C11H11NO4. The van der Waals surface area contributed by atoms with Gasteiger partial charge < -0.3 is 9.47 Å². The summed E-state index contributed by atoms with van der Waals surface area (Å²) in [6.45, 7) is 3.92. The molecule has 1 aromatic rings. The van der Waals surface area contributed by atoms with Gasteiger partial charge in [-0.2, -0.15) is 0 Å². The number of hydrogen-bond acceptors (Lipinski definition) is 4. The molecule has 84 valence electrons. The first-order chi connectivity index (χ1) is 7.49. The van der Waals surface area contributed by atoms with Crippen molar-refractivity contribution in [2.75, 3.05) is 0 Å². The summed E-state index contributed by atoms with van der Waals surface area (Å²) in [6, 6.07) is 4.64. The van der Waals surface area contributed by atoms with Gasteiger partial charge in [-0.3, -0.25) is 10.1 Å². The van der Waals surface area contributed by atoms with Gasteiger partial charge in [0.1, 0.15) is 23.6 Å². The van der Waals surface area contributed by atoms with Crippen molar-refractivity contribution in [1.82, 2.24) is 0 Å². The fraction of sp³-hybridized carbons (Fsp3) is 0.455. The van der Waals surface area contributed by atoms with Gasteiger partial charge in [0.25, 0.3) is 5.69 Å². The predicted octanol–water partition coefficient (Wildman–Crippen LogP) is 2.21. The van der Waals surface area contributed by atoms with Crippen molar-refractivity contribution >= 4 is 5.69 Å². The minimum atomic E-state index is -0.405. The number of nitro benzene ring substituents is 1. The molecular weight excluding hydrogens is 210 g/mol. The highest BCUT2D eigenvalue weighted by Crippen LogP contribution is 2.54. The van der Waals surface area contributed by atoms with E-state index < -0.39 is 4.92 Å². The third-order valence-corrected chi connectivity index (χ3v) is 3.06. The van der Waals surface area contributed by atoms with Crippen molar-refractivity contribution in [1.29, 1.82) is 0 Å². The lowest BCUT2D eigenvalue weighted by atomic mass is 9.94. The van der Waals surface area contributed by atoms with Crippen LogP contribution in [0.25, 0.3) is 0 Å². The summed E-state index contributed by atoms with van der Waals surface area (Å²) < 4.78 is 11.3. The Bertz CT molecular complexity index is 483. The van der Waals surface area contributed by atoms with E-state index in [9.17, 15) is 10.1 Å². The van der Waals surface area contributed by atoms with Crippen LogP contribution >= 0.6 is 0 Å². The molecule has 0 spiro atoms. The molecule has 0 radical (unpaired) electrons. The summed E-state index contributed by atoms with van der Waals surface area (Å²) in [5.41, 5.74) is 0.517. The van der Waals surface area contributed by atoms with Gasteiger partial charge in [-0.15, -0.1) is 0 Å². The summed E-state index contributed by atoms with van der Waals surface area (Å²) >= 11 is 0. The van der Waals surface area contributed by atoms with E-state index in [-0.39, 0.29) is 23.5 Å². The van der Waals surface area contributed by atoms with E-state index in [1.54, 1.807) is 6.07 Å². The van der Waals surface area contributed by atoms with Crippen LogP contribution in [0.4, 0.5) is 5.69 Å². The van der Waals surface area contributed by atoms with Gasteiger partial charge in [0.15, 0.2) is 0 Å². The van der Waals surface area contributed by atoms with Crippen molar-refractivity contribution in [3.8, 4) is 5.75 Å². The standard InChI is InChI=1S/C11H11NO4/c1-11(2)10-9(15-10)7-5-6(12(13)14)3-4-8(7)16-11/h3-5,9-10H,1-2H3/t9-,10-/m0/s1. The SMILES string of the molecule is CC1(C)Oc2ccc([N+](=O)[O-])cc2[C@@H]2O[C@@H]21. The number of epoxide rings is 1. The Balaban J connectivity index is 2.06. The molecule has 2 atom stereocenters. The Morgan fingerprint density at radius 1 is 1.44 bits per heavy atom. The van der Waals surface area contributed by atoms with E-state index in [0.29, 0.717) is 5.75 Å². The molecule has 1 saturated heterocycles. The lowest BCUT2D eigenvalue weighted by Crippen LogP contribution is -2.37. The number of benzene rings is 1. The summed E-state index contributed by atoms with van der Waals surface area (Å²) in [4.78, 5) is 10.3. The van der Waals surface area contributed by atoms with Crippen molar-refractivity contribution in [2.45, 2.75) is 31.7 Å². The van der Waals surface area contributed by atoms with Crippen molar-refractivity contribution in [3.05, 3.63) is 33.9 Å². The monoisotopic (exact) mass is 221 g/mol. The summed E-state index contributed by atoms with van der Waals surface area (Å²) in [7, 11) is 0. The Hall–Kier alpha value is -1.62. The average molecular weight is 221 g/mol. The maximum absolute atomic E-state index is 10.7. The molecule has 0 aromatic heterocycles. The van der Waals surface area contributed by atoms with E-state index in [1.807, 2.05) is 13.8 Å². The third-order valence-electron chi connectivity index (χ3n) is 3.06. The molecule has 0 amide bonds. The van der Waals surface area contributed by atoms with Gasteiger partial charge in [-0.05, 0) is 19.9 Å². The van der Waals surface area contributed by atoms with Gasteiger partial charge in [0, 0.05) is 17.7 Å². The molecule has 2 aliphatic rings. The maximum Gasteiger partial charge on any atom is 0.270 e. The first kappa shape index (κ1) is 9.59. The summed E-state index contributed by atoms with van der Waals surface area (Å²) in [6.07, 6.45) is -0.0272. The Morgan fingerprint density at radius 2 is 2.19 bits per heavy atom. The largest absolute Gasteiger partial charge is 0.485 e. The molecule has 2 heterocycles. The smallest absolute Gasteiger partial charge is 0.270 e. The van der Waals surface area contributed by atoms with Crippen LogP contribution in [0.3, 0.4) is 0 Å². The lowest BCUT2D eigenvalue weighted by Gasteiger charge is -2.29. The average Bonchev–Trinajstić information content (AvgIpc) is 2.97. The van der Waals surface area contributed by atoms with E-state index in [2.05, 4.69) is 0 Å². The molecule has 5 nitrogen and oxygen atoms in total. The van der Waals surface area contributed by atoms with Gasteiger partial charge in [-0.25, -0.2) is 0 Å². The first-order valence-corrected chi connectivity index (χ1v) is 5.12. The van der Waals surface area contributed by atoms with E-state index in [0.717, 1.165) is 5.56 Å². The quantitative estimate of drug-likeness (QED) is 0.414. The zero-order chi connectivity index (χ0) is 11.5. The van der Waals surface area contributed by atoms with Crippen LogP contribution in [-0.2, 0) is 4.74 Å². The summed E-state index contributed by atoms with van der Waals surface area (Å²) in [5.74, 6) is 0.689. The molecule has 3 rings (SSSR count). The molecule has 0 bridgehead atoms. The van der Waals surface area contributed by atoms with Crippen LogP contribution in [0.1, 0.15) is 25.5 Å². The Kier molecular flexibility index (Phi) is 1.64. The molecule has 5 heteroatoms. The topological polar surface area (TPSA) is 64.9 Å². The summed E-state index contributed by atoms with van der Waals surface area (Å²) in [5, 5.41) is 10.7. The first-order valence-electron chi connectivity index (χ1n) is 5.12. The highest BCUT2D eigenvalue weighted by Gasteiger charge is 2.56. The zero-order valence-corrected chi connectivity index (χ0v) is 8.97. The highest BCUT2D eigenvalue weighted by molar-refractivity contribution is 5.49. The second kappa shape index (κ2) is 2.74. The molecule has 0 saturated carbocycles. The van der Waals surface area contributed by atoms with Gasteiger partial charge >= 0.3 is 0 Å². The second-order valence-corrected chi connectivity index (χ2v) is 4.66. The van der Waals surface area contributed by atoms with E-state index in [4.69, 9.17) is 9.47 Å². The van der Waals surface area contributed by atoms with Crippen LogP contribution in [-0.4, -0.2) is 16.6 Å². The van der Waals surface area contributed by atoms with Crippen LogP contribution in [0.2, 0.25) is 0 Å². The fourth-order valence-corrected chi connectivity index (χ4v) is 2.18. The molecule has 1 fully saturated rings. The minimum Gasteiger partial charge on any atom is -0.485 e. The van der Waals surface area contributed by atoms with Crippen molar-refractivity contribution in [2.24, 2.45) is 0 Å². The number of nitro groups is 1. The van der Waals surface area contributed by atoms with Crippen LogP contribution in [0.5, 0.6) is 5.75 Å². The van der Waals surface area contributed by atoms with Gasteiger partial charge in [-0.1, -0.05) is 0 Å². The number of ether oxygens (including phenoxy) is 2.